The van der Waals surface area contributed by atoms with E-state index in [1.54, 1.807) is 7.11 Å². The number of aryl methyl sites for hydroxylation is 1. The number of fused-ring (bicyclic) bond motifs is 3. The van der Waals surface area contributed by atoms with Crippen molar-refractivity contribution in [2.45, 2.75) is 31.7 Å². The Labute approximate surface area is 109 Å². The molecule has 2 heterocycles. The number of nitrogens with zero attached hydrogens (tertiary/aromatic N) is 1. The molecule has 1 aromatic carbocycles. The topological polar surface area (TPSA) is 21.7 Å². The third-order valence-electron chi connectivity index (χ3n) is 4.40. The zero-order valence-corrected chi connectivity index (χ0v) is 11.4. The lowest BCUT2D eigenvalue weighted by atomic mass is 9.81. The van der Waals surface area contributed by atoms with E-state index in [4.69, 9.17) is 9.47 Å². The van der Waals surface area contributed by atoms with Crippen molar-refractivity contribution in [2.24, 2.45) is 0 Å². The van der Waals surface area contributed by atoms with Crippen LogP contribution in [0.25, 0.3) is 0 Å². The molecule has 18 heavy (non-hydrogen) atoms. The number of benzene rings is 1. The summed E-state index contributed by atoms with van der Waals surface area (Å²) < 4.78 is 11.5. The molecule has 0 spiro atoms. The predicted molar refractivity (Wildman–Crippen MR) is 71.6 cm³/mol. The van der Waals surface area contributed by atoms with E-state index in [0.29, 0.717) is 12.0 Å². The number of rotatable bonds is 1. The molecule has 3 heteroatoms. The van der Waals surface area contributed by atoms with Crippen LogP contribution in [0.2, 0.25) is 0 Å². The van der Waals surface area contributed by atoms with Crippen LogP contribution in [0, 0.1) is 6.92 Å². The van der Waals surface area contributed by atoms with Crippen molar-refractivity contribution < 1.29 is 9.47 Å². The Balaban J connectivity index is 2.05. The van der Waals surface area contributed by atoms with Crippen molar-refractivity contribution in [3.63, 3.8) is 0 Å². The highest BCUT2D eigenvalue weighted by Crippen LogP contribution is 2.46. The van der Waals surface area contributed by atoms with E-state index < -0.39 is 0 Å². The molecule has 1 aromatic rings. The zero-order chi connectivity index (χ0) is 12.7. The highest BCUT2D eigenvalue weighted by molar-refractivity contribution is 5.54. The van der Waals surface area contributed by atoms with Crippen molar-refractivity contribution in [2.75, 3.05) is 27.3 Å². The number of hydrogen-bond donors (Lipinski definition) is 0. The van der Waals surface area contributed by atoms with Crippen molar-refractivity contribution in [1.82, 2.24) is 4.90 Å². The van der Waals surface area contributed by atoms with E-state index in [1.165, 1.54) is 24.9 Å². The SMILES string of the molecule is COc1c(C)ccc2c1OC[C@H]1[C@H]2CCCN1C. The maximum Gasteiger partial charge on any atom is 0.165 e. The number of likely N-dealkylation sites (tertiary alicyclic amines) is 1. The minimum absolute atomic E-state index is 0.527. The van der Waals surface area contributed by atoms with Crippen LogP contribution >= 0.6 is 0 Å². The fourth-order valence-electron chi connectivity index (χ4n) is 3.37. The minimum Gasteiger partial charge on any atom is -0.493 e. The van der Waals surface area contributed by atoms with Gasteiger partial charge in [0.25, 0.3) is 0 Å². The summed E-state index contributed by atoms with van der Waals surface area (Å²) in [7, 11) is 3.93. The summed E-state index contributed by atoms with van der Waals surface area (Å²) in [4.78, 5) is 2.43. The molecule has 3 nitrogen and oxygen atoms in total. The molecule has 2 aliphatic rings. The fourth-order valence-corrected chi connectivity index (χ4v) is 3.37. The lowest BCUT2D eigenvalue weighted by molar-refractivity contribution is 0.0847. The van der Waals surface area contributed by atoms with Crippen LogP contribution < -0.4 is 9.47 Å². The molecule has 0 aromatic heterocycles. The Morgan fingerprint density at radius 1 is 1.39 bits per heavy atom. The van der Waals surface area contributed by atoms with Gasteiger partial charge >= 0.3 is 0 Å². The van der Waals surface area contributed by atoms with E-state index in [1.807, 2.05) is 0 Å². The summed E-state index contributed by atoms with van der Waals surface area (Å²) in [6.07, 6.45) is 2.53. The normalized spacial score (nSPS) is 27.1. The first-order valence-electron chi connectivity index (χ1n) is 6.73. The van der Waals surface area contributed by atoms with Gasteiger partial charge in [-0.25, -0.2) is 0 Å². The molecular weight excluding hydrogens is 226 g/mol. The number of piperidine rings is 1. The van der Waals surface area contributed by atoms with Crippen LogP contribution in [0.4, 0.5) is 0 Å². The monoisotopic (exact) mass is 247 g/mol. The standard InChI is InChI=1S/C15H21NO2/c1-10-6-7-12-11-5-4-8-16(2)13(11)9-18-15(12)14(10)17-3/h6-7,11,13H,4-5,8-9H2,1-3H3/t11-,13-/m0/s1. The first kappa shape index (κ1) is 11.8. The smallest absolute Gasteiger partial charge is 0.165 e. The number of ether oxygens (including phenoxy) is 2. The van der Waals surface area contributed by atoms with Crippen molar-refractivity contribution in [1.29, 1.82) is 0 Å². The molecule has 1 fully saturated rings. The number of likely N-dealkylation sites (N-methyl/N-ethyl adjacent to an activating group) is 1. The van der Waals surface area contributed by atoms with Gasteiger partial charge in [0.1, 0.15) is 6.61 Å². The Hall–Kier alpha value is -1.22. The van der Waals surface area contributed by atoms with Crippen LogP contribution in [0.1, 0.15) is 29.9 Å². The van der Waals surface area contributed by atoms with Crippen molar-refractivity contribution in [3.8, 4) is 11.5 Å². The molecule has 0 radical (unpaired) electrons. The maximum atomic E-state index is 6.00. The molecule has 0 bridgehead atoms. The summed E-state index contributed by atoms with van der Waals surface area (Å²) in [6.45, 7) is 4.04. The van der Waals surface area contributed by atoms with Gasteiger partial charge < -0.3 is 9.47 Å². The summed E-state index contributed by atoms with van der Waals surface area (Å²) >= 11 is 0. The molecule has 0 N–H and O–H groups in total. The van der Waals surface area contributed by atoms with Gasteiger partial charge in [-0.2, -0.15) is 0 Å². The molecule has 2 atom stereocenters. The zero-order valence-electron chi connectivity index (χ0n) is 11.4. The van der Waals surface area contributed by atoms with Crippen LogP contribution in [0.15, 0.2) is 12.1 Å². The Morgan fingerprint density at radius 2 is 2.22 bits per heavy atom. The molecule has 98 valence electrons. The second-order valence-electron chi connectivity index (χ2n) is 5.44. The van der Waals surface area contributed by atoms with Gasteiger partial charge in [0.2, 0.25) is 0 Å². The molecule has 2 aliphatic heterocycles. The third kappa shape index (κ3) is 1.69. The highest BCUT2D eigenvalue weighted by Gasteiger charge is 2.37. The summed E-state index contributed by atoms with van der Waals surface area (Å²) in [5.74, 6) is 2.50. The first-order valence-corrected chi connectivity index (χ1v) is 6.73. The molecule has 0 aliphatic carbocycles. The van der Waals surface area contributed by atoms with Gasteiger partial charge in [-0.15, -0.1) is 0 Å². The summed E-state index contributed by atoms with van der Waals surface area (Å²) in [5.41, 5.74) is 2.49. The minimum atomic E-state index is 0.527. The number of hydrogen-bond acceptors (Lipinski definition) is 3. The largest absolute Gasteiger partial charge is 0.493 e. The Morgan fingerprint density at radius 3 is 3.00 bits per heavy atom. The molecule has 0 unspecified atom stereocenters. The Bertz CT molecular complexity index is 458. The van der Waals surface area contributed by atoms with Crippen LogP contribution in [-0.4, -0.2) is 38.3 Å². The maximum absolute atomic E-state index is 6.00. The van der Waals surface area contributed by atoms with Crippen LogP contribution in [-0.2, 0) is 0 Å². The third-order valence-corrected chi connectivity index (χ3v) is 4.40. The lowest BCUT2D eigenvalue weighted by Gasteiger charge is -2.43. The molecule has 0 amide bonds. The quantitative estimate of drug-likeness (QED) is 0.761. The van der Waals surface area contributed by atoms with Crippen molar-refractivity contribution in [3.05, 3.63) is 23.3 Å². The molecule has 1 saturated heterocycles. The molecule has 0 saturated carbocycles. The predicted octanol–water partition coefficient (Wildman–Crippen LogP) is 2.57. The van der Waals surface area contributed by atoms with Crippen molar-refractivity contribution >= 4 is 0 Å². The number of methoxy groups -OCH3 is 1. The second-order valence-corrected chi connectivity index (χ2v) is 5.44. The van der Waals surface area contributed by atoms with E-state index in [0.717, 1.165) is 23.7 Å². The van der Waals surface area contributed by atoms with E-state index in [9.17, 15) is 0 Å². The highest BCUT2D eigenvalue weighted by atomic mass is 16.5. The van der Waals surface area contributed by atoms with E-state index in [-0.39, 0.29) is 0 Å². The summed E-state index contributed by atoms with van der Waals surface area (Å²) in [5, 5.41) is 0. The van der Waals surface area contributed by atoms with Gasteiger partial charge in [0.15, 0.2) is 11.5 Å². The lowest BCUT2D eigenvalue weighted by Crippen LogP contribution is -2.47. The summed E-state index contributed by atoms with van der Waals surface area (Å²) in [6, 6.07) is 4.90. The average molecular weight is 247 g/mol. The van der Waals surface area contributed by atoms with E-state index >= 15 is 0 Å². The van der Waals surface area contributed by atoms with Gasteiger partial charge in [0.05, 0.1) is 13.2 Å². The average Bonchev–Trinajstić information content (AvgIpc) is 2.38. The Kier molecular flexibility index (Phi) is 2.94. The first-order chi connectivity index (χ1) is 8.72. The van der Waals surface area contributed by atoms with E-state index in [2.05, 4.69) is 31.0 Å². The van der Waals surface area contributed by atoms with Crippen LogP contribution in [0.3, 0.4) is 0 Å². The fraction of sp³-hybridized carbons (Fsp3) is 0.600. The molecule has 3 rings (SSSR count). The van der Waals surface area contributed by atoms with Crippen LogP contribution in [0.5, 0.6) is 11.5 Å². The second kappa shape index (κ2) is 4.47. The van der Waals surface area contributed by atoms with Gasteiger partial charge in [-0.3, -0.25) is 4.90 Å². The van der Waals surface area contributed by atoms with Gasteiger partial charge in [-0.1, -0.05) is 12.1 Å². The molecular formula is C15H21NO2. The van der Waals surface area contributed by atoms with Gasteiger partial charge in [-0.05, 0) is 38.9 Å². The van der Waals surface area contributed by atoms with Gasteiger partial charge in [0, 0.05) is 11.5 Å².